The fourth-order valence-electron chi connectivity index (χ4n) is 2.45. The molecule has 0 bridgehead atoms. The van der Waals surface area contributed by atoms with Crippen LogP contribution in [0.15, 0.2) is 59.0 Å². The SMILES string of the molecule is COC(=O)c1ccc(C)c(NC(=O)c2ccc(-c3ccccc3F)o2)c1. The molecule has 1 heterocycles. The first-order valence-electron chi connectivity index (χ1n) is 7.84. The predicted molar refractivity (Wildman–Crippen MR) is 94.6 cm³/mol. The Morgan fingerprint density at radius 3 is 2.58 bits per heavy atom. The maximum atomic E-state index is 13.8. The van der Waals surface area contributed by atoms with Crippen LogP contribution in [0.5, 0.6) is 0 Å². The van der Waals surface area contributed by atoms with Crippen molar-refractivity contribution < 1.29 is 23.1 Å². The number of esters is 1. The van der Waals surface area contributed by atoms with Gasteiger partial charge in [-0.3, -0.25) is 4.79 Å². The Morgan fingerprint density at radius 1 is 1.08 bits per heavy atom. The lowest BCUT2D eigenvalue weighted by atomic mass is 10.1. The summed E-state index contributed by atoms with van der Waals surface area (Å²) in [5.41, 5.74) is 1.82. The molecule has 2 aromatic carbocycles. The van der Waals surface area contributed by atoms with E-state index in [0.717, 1.165) is 5.56 Å². The molecule has 0 aliphatic heterocycles. The standard InChI is InChI=1S/C20H16FNO4/c1-12-7-8-13(20(24)25-2)11-16(12)22-19(23)18-10-9-17(26-18)14-5-3-4-6-15(14)21/h3-11H,1-2H3,(H,22,23). The Kier molecular flexibility index (Phi) is 4.84. The lowest BCUT2D eigenvalue weighted by molar-refractivity contribution is 0.0600. The Bertz CT molecular complexity index is 977. The Morgan fingerprint density at radius 2 is 1.85 bits per heavy atom. The summed E-state index contributed by atoms with van der Waals surface area (Å²) in [7, 11) is 1.29. The van der Waals surface area contributed by atoms with Crippen LogP contribution in [-0.4, -0.2) is 19.0 Å². The predicted octanol–water partition coefficient (Wildman–Crippen LogP) is 4.43. The Labute approximate surface area is 149 Å². The molecule has 1 N–H and O–H groups in total. The molecule has 1 amide bonds. The van der Waals surface area contributed by atoms with E-state index < -0.39 is 17.7 Å². The van der Waals surface area contributed by atoms with Gasteiger partial charge in [-0.05, 0) is 48.9 Å². The molecular formula is C20H16FNO4. The van der Waals surface area contributed by atoms with Crippen molar-refractivity contribution in [3.63, 3.8) is 0 Å². The summed E-state index contributed by atoms with van der Waals surface area (Å²) >= 11 is 0. The number of methoxy groups -OCH3 is 1. The van der Waals surface area contributed by atoms with E-state index in [0.29, 0.717) is 11.3 Å². The Balaban J connectivity index is 1.83. The summed E-state index contributed by atoms with van der Waals surface area (Å²) < 4.78 is 24.0. The number of furan rings is 1. The molecular weight excluding hydrogens is 337 g/mol. The van der Waals surface area contributed by atoms with Gasteiger partial charge in [0, 0.05) is 5.69 Å². The van der Waals surface area contributed by atoms with E-state index in [4.69, 9.17) is 4.42 Å². The molecule has 6 heteroatoms. The minimum absolute atomic E-state index is 0.0334. The Hall–Kier alpha value is -3.41. The maximum Gasteiger partial charge on any atom is 0.337 e. The lowest BCUT2D eigenvalue weighted by Gasteiger charge is -2.09. The number of rotatable bonds is 4. The highest BCUT2D eigenvalue weighted by molar-refractivity contribution is 6.03. The van der Waals surface area contributed by atoms with E-state index in [1.165, 1.54) is 31.4 Å². The van der Waals surface area contributed by atoms with Crippen LogP contribution in [0.4, 0.5) is 10.1 Å². The number of carbonyl (C=O) groups excluding carboxylic acids is 2. The molecule has 0 spiro atoms. The topological polar surface area (TPSA) is 68.5 Å². The second kappa shape index (κ2) is 7.23. The van der Waals surface area contributed by atoms with Crippen molar-refractivity contribution in [1.29, 1.82) is 0 Å². The third-order valence-electron chi connectivity index (χ3n) is 3.88. The number of benzene rings is 2. The number of ether oxygens (including phenoxy) is 1. The summed E-state index contributed by atoms with van der Waals surface area (Å²) in [6.45, 7) is 1.80. The average Bonchev–Trinajstić information content (AvgIpc) is 3.13. The number of aryl methyl sites for hydroxylation is 1. The van der Waals surface area contributed by atoms with Gasteiger partial charge in [0.05, 0.1) is 18.2 Å². The third-order valence-corrected chi connectivity index (χ3v) is 3.88. The first kappa shape index (κ1) is 17.4. The summed E-state index contributed by atoms with van der Waals surface area (Å²) in [5, 5.41) is 2.69. The van der Waals surface area contributed by atoms with Crippen LogP contribution in [-0.2, 0) is 4.74 Å². The van der Waals surface area contributed by atoms with E-state index in [1.54, 1.807) is 37.3 Å². The minimum Gasteiger partial charge on any atom is -0.465 e. The number of hydrogen-bond donors (Lipinski definition) is 1. The van der Waals surface area contributed by atoms with E-state index in [-0.39, 0.29) is 17.1 Å². The molecule has 3 rings (SSSR count). The van der Waals surface area contributed by atoms with Crippen LogP contribution in [0.1, 0.15) is 26.5 Å². The summed E-state index contributed by atoms with van der Waals surface area (Å²) in [6.07, 6.45) is 0. The number of carbonyl (C=O) groups is 2. The lowest BCUT2D eigenvalue weighted by Crippen LogP contribution is -2.13. The zero-order chi connectivity index (χ0) is 18.7. The van der Waals surface area contributed by atoms with Crippen LogP contribution in [0.2, 0.25) is 0 Å². The number of amides is 1. The fourth-order valence-corrected chi connectivity index (χ4v) is 2.45. The van der Waals surface area contributed by atoms with Crippen molar-refractivity contribution in [3.05, 3.63) is 77.3 Å². The highest BCUT2D eigenvalue weighted by Gasteiger charge is 2.16. The third kappa shape index (κ3) is 3.49. The zero-order valence-corrected chi connectivity index (χ0v) is 14.2. The highest BCUT2D eigenvalue weighted by atomic mass is 19.1. The van der Waals surface area contributed by atoms with Gasteiger partial charge in [0.15, 0.2) is 5.76 Å². The van der Waals surface area contributed by atoms with E-state index >= 15 is 0 Å². The van der Waals surface area contributed by atoms with Crippen LogP contribution < -0.4 is 5.32 Å². The summed E-state index contributed by atoms with van der Waals surface area (Å²) in [4.78, 5) is 24.1. The van der Waals surface area contributed by atoms with Gasteiger partial charge < -0.3 is 14.5 Å². The van der Waals surface area contributed by atoms with Crippen molar-refractivity contribution in [2.75, 3.05) is 12.4 Å². The molecule has 0 fully saturated rings. The maximum absolute atomic E-state index is 13.8. The van der Waals surface area contributed by atoms with Crippen molar-refractivity contribution >= 4 is 17.6 Å². The average molecular weight is 353 g/mol. The largest absolute Gasteiger partial charge is 0.465 e. The molecule has 0 aliphatic rings. The normalized spacial score (nSPS) is 10.4. The van der Waals surface area contributed by atoms with E-state index in [2.05, 4.69) is 10.1 Å². The molecule has 26 heavy (non-hydrogen) atoms. The number of halogens is 1. The van der Waals surface area contributed by atoms with Crippen molar-refractivity contribution in [2.24, 2.45) is 0 Å². The van der Waals surface area contributed by atoms with Crippen LogP contribution in [0.25, 0.3) is 11.3 Å². The van der Waals surface area contributed by atoms with Gasteiger partial charge in [-0.15, -0.1) is 0 Å². The van der Waals surface area contributed by atoms with E-state index in [9.17, 15) is 14.0 Å². The van der Waals surface area contributed by atoms with Crippen molar-refractivity contribution in [1.82, 2.24) is 0 Å². The molecule has 1 aromatic heterocycles. The molecule has 0 atom stereocenters. The molecule has 0 unspecified atom stereocenters. The zero-order valence-electron chi connectivity index (χ0n) is 14.2. The molecule has 0 aliphatic carbocycles. The van der Waals surface area contributed by atoms with Crippen LogP contribution in [0.3, 0.4) is 0 Å². The monoisotopic (exact) mass is 353 g/mol. The molecule has 132 valence electrons. The fraction of sp³-hybridized carbons (Fsp3) is 0.100. The number of nitrogens with one attached hydrogen (secondary N) is 1. The van der Waals surface area contributed by atoms with Gasteiger partial charge in [0.2, 0.25) is 0 Å². The van der Waals surface area contributed by atoms with Crippen LogP contribution in [0, 0.1) is 12.7 Å². The van der Waals surface area contributed by atoms with Gasteiger partial charge in [-0.1, -0.05) is 18.2 Å². The number of anilines is 1. The summed E-state index contributed by atoms with van der Waals surface area (Å²) in [6, 6.07) is 14.0. The second-order valence-electron chi connectivity index (χ2n) is 5.62. The quantitative estimate of drug-likeness (QED) is 0.705. The smallest absolute Gasteiger partial charge is 0.337 e. The minimum atomic E-state index is -0.502. The van der Waals surface area contributed by atoms with Gasteiger partial charge >= 0.3 is 5.97 Å². The van der Waals surface area contributed by atoms with Gasteiger partial charge in [-0.2, -0.15) is 0 Å². The second-order valence-corrected chi connectivity index (χ2v) is 5.62. The molecule has 0 radical (unpaired) electrons. The van der Waals surface area contributed by atoms with E-state index in [1.807, 2.05) is 0 Å². The number of hydrogen-bond acceptors (Lipinski definition) is 4. The van der Waals surface area contributed by atoms with Crippen molar-refractivity contribution in [2.45, 2.75) is 6.92 Å². The van der Waals surface area contributed by atoms with Crippen molar-refractivity contribution in [3.8, 4) is 11.3 Å². The first-order valence-corrected chi connectivity index (χ1v) is 7.84. The summed E-state index contributed by atoms with van der Waals surface area (Å²) in [5.74, 6) is -1.15. The van der Waals surface area contributed by atoms with Gasteiger partial charge in [-0.25, -0.2) is 9.18 Å². The van der Waals surface area contributed by atoms with Crippen LogP contribution >= 0.6 is 0 Å². The molecule has 0 saturated heterocycles. The highest BCUT2D eigenvalue weighted by Crippen LogP contribution is 2.25. The van der Waals surface area contributed by atoms with Gasteiger partial charge in [0.1, 0.15) is 11.6 Å². The van der Waals surface area contributed by atoms with Gasteiger partial charge in [0.25, 0.3) is 5.91 Å². The molecule has 0 saturated carbocycles. The molecule has 3 aromatic rings. The first-order chi connectivity index (χ1) is 12.5. The molecule has 5 nitrogen and oxygen atoms in total.